The summed E-state index contributed by atoms with van der Waals surface area (Å²) in [7, 11) is 0. The highest BCUT2D eigenvalue weighted by Gasteiger charge is 2.12. The summed E-state index contributed by atoms with van der Waals surface area (Å²) < 4.78 is 5.46. The van der Waals surface area contributed by atoms with Crippen LogP contribution in [0.2, 0.25) is 0 Å². The Balaban J connectivity index is 1.91. The predicted molar refractivity (Wildman–Crippen MR) is 89.7 cm³/mol. The van der Waals surface area contributed by atoms with E-state index in [-0.39, 0.29) is 24.3 Å². The van der Waals surface area contributed by atoms with Crippen LogP contribution in [-0.4, -0.2) is 18.3 Å². The fourth-order valence-electron chi connectivity index (χ4n) is 2.39. The molecule has 0 aromatic heterocycles. The number of carbonyl (C=O) groups is 2. The minimum Gasteiger partial charge on any atom is -0.484 e. The molecule has 2 rings (SSSR count). The molecular weight excluding hydrogens is 290 g/mol. The maximum Gasteiger partial charge on any atom is 0.258 e. The molecule has 2 aromatic carbocycles. The lowest BCUT2D eigenvalue weighted by Crippen LogP contribution is -2.31. The van der Waals surface area contributed by atoms with E-state index in [0.29, 0.717) is 11.3 Å². The van der Waals surface area contributed by atoms with Crippen molar-refractivity contribution in [1.82, 2.24) is 5.32 Å². The molecule has 0 radical (unpaired) electrons. The van der Waals surface area contributed by atoms with E-state index >= 15 is 0 Å². The van der Waals surface area contributed by atoms with Gasteiger partial charge in [0.05, 0.1) is 6.04 Å². The summed E-state index contributed by atoms with van der Waals surface area (Å²) in [4.78, 5) is 23.4. The van der Waals surface area contributed by atoms with Crippen LogP contribution in [0.4, 0.5) is 0 Å². The highest BCUT2D eigenvalue weighted by atomic mass is 16.5. The standard InChI is InChI=1S/C19H21NO3/c1-13-7-4-5-10-18(13)14(2)20-19(22)12-23-17-9-6-8-16(11-17)15(3)21/h4-11,14H,12H2,1-3H3,(H,20,22)/t14-/m0/s1. The number of hydrogen-bond acceptors (Lipinski definition) is 3. The number of aryl methyl sites for hydroxylation is 1. The van der Waals surface area contributed by atoms with E-state index in [0.717, 1.165) is 11.1 Å². The molecule has 0 saturated carbocycles. The molecule has 0 saturated heterocycles. The predicted octanol–water partition coefficient (Wildman–Crippen LogP) is 3.45. The molecule has 0 heterocycles. The zero-order valence-corrected chi connectivity index (χ0v) is 13.6. The molecule has 1 N–H and O–H groups in total. The van der Waals surface area contributed by atoms with Gasteiger partial charge in [-0.15, -0.1) is 0 Å². The van der Waals surface area contributed by atoms with Crippen molar-refractivity contribution in [3.63, 3.8) is 0 Å². The summed E-state index contributed by atoms with van der Waals surface area (Å²) in [5.41, 5.74) is 2.78. The molecular formula is C19H21NO3. The summed E-state index contributed by atoms with van der Waals surface area (Å²) in [6.07, 6.45) is 0. The molecule has 0 aliphatic rings. The van der Waals surface area contributed by atoms with E-state index in [2.05, 4.69) is 5.32 Å². The molecule has 23 heavy (non-hydrogen) atoms. The van der Waals surface area contributed by atoms with Gasteiger partial charge in [-0.1, -0.05) is 36.4 Å². The Labute approximate surface area is 136 Å². The molecule has 2 aromatic rings. The minimum absolute atomic E-state index is 0.0342. The van der Waals surface area contributed by atoms with Crippen molar-refractivity contribution in [3.8, 4) is 5.75 Å². The summed E-state index contributed by atoms with van der Waals surface area (Å²) in [5, 5.41) is 2.91. The van der Waals surface area contributed by atoms with Gasteiger partial charge in [0.25, 0.3) is 5.91 Å². The summed E-state index contributed by atoms with van der Waals surface area (Å²) >= 11 is 0. The topological polar surface area (TPSA) is 55.4 Å². The van der Waals surface area contributed by atoms with Crippen LogP contribution in [0.15, 0.2) is 48.5 Å². The summed E-state index contributed by atoms with van der Waals surface area (Å²) in [6.45, 7) is 5.37. The van der Waals surface area contributed by atoms with Crippen molar-refractivity contribution in [2.45, 2.75) is 26.8 Å². The van der Waals surface area contributed by atoms with Crippen molar-refractivity contribution >= 4 is 11.7 Å². The number of ketones is 1. The lowest BCUT2D eigenvalue weighted by Gasteiger charge is -2.16. The van der Waals surface area contributed by atoms with Crippen LogP contribution >= 0.6 is 0 Å². The average Bonchev–Trinajstić information content (AvgIpc) is 2.53. The van der Waals surface area contributed by atoms with Gasteiger partial charge in [-0.2, -0.15) is 0 Å². The Morgan fingerprint density at radius 3 is 2.57 bits per heavy atom. The molecule has 0 unspecified atom stereocenters. The molecule has 1 atom stereocenters. The largest absolute Gasteiger partial charge is 0.484 e. The Kier molecular flexibility index (Phi) is 5.52. The normalized spacial score (nSPS) is 11.6. The van der Waals surface area contributed by atoms with Gasteiger partial charge < -0.3 is 10.1 Å². The Morgan fingerprint density at radius 2 is 1.87 bits per heavy atom. The molecule has 0 bridgehead atoms. The van der Waals surface area contributed by atoms with Gasteiger partial charge in [0, 0.05) is 5.56 Å². The highest BCUT2D eigenvalue weighted by molar-refractivity contribution is 5.94. The molecule has 1 amide bonds. The quantitative estimate of drug-likeness (QED) is 0.831. The molecule has 0 fully saturated rings. The van der Waals surface area contributed by atoms with Crippen molar-refractivity contribution in [1.29, 1.82) is 0 Å². The van der Waals surface area contributed by atoms with Crippen molar-refractivity contribution < 1.29 is 14.3 Å². The van der Waals surface area contributed by atoms with Gasteiger partial charge in [-0.25, -0.2) is 0 Å². The molecule has 120 valence electrons. The first kappa shape index (κ1) is 16.7. The highest BCUT2D eigenvalue weighted by Crippen LogP contribution is 2.17. The van der Waals surface area contributed by atoms with Gasteiger partial charge in [0.15, 0.2) is 12.4 Å². The van der Waals surface area contributed by atoms with Gasteiger partial charge in [-0.05, 0) is 44.0 Å². The second-order valence-corrected chi connectivity index (χ2v) is 5.52. The molecule has 0 spiro atoms. The molecule has 0 aliphatic carbocycles. The lowest BCUT2D eigenvalue weighted by atomic mass is 10.0. The maximum atomic E-state index is 12.0. The van der Waals surface area contributed by atoms with Gasteiger partial charge >= 0.3 is 0 Å². The maximum absolute atomic E-state index is 12.0. The number of ether oxygens (including phenoxy) is 1. The van der Waals surface area contributed by atoms with E-state index in [1.165, 1.54) is 6.92 Å². The molecule has 4 heteroatoms. The van der Waals surface area contributed by atoms with Gasteiger partial charge in [0.2, 0.25) is 0 Å². The number of benzene rings is 2. The fraction of sp³-hybridized carbons (Fsp3) is 0.263. The summed E-state index contributed by atoms with van der Waals surface area (Å²) in [6, 6.07) is 14.7. The van der Waals surface area contributed by atoms with E-state index in [1.54, 1.807) is 24.3 Å². The van der Waals surface area contributed by atoms with Crippen LogP contribution in [0.1, 0.15) is 41.4 Å². The monoisotopic (exact) mass is 311 g/mol. The van der Waals surface area contributed by atoms with E-state index in [4.69, 9.17) is 4.74 Å². The SMILES string of the molecule is CC(=O)c1cccc(OCC(=O)N[C@@H](C)c2ccccc2C)c1. The third-order valence-corrected chi connectivity index (χ3v) is 3.64. The van der Waals surface area contributed by atoms with Crippen molar-refractivity contribution in [3.05, 3.63) is 65.2 Å². The molecule has 4 nitrogen and oxygen atoms in total. The Morgan fingerprint density at radius 1 is 1.13 bits per heavy atom. The first-order chi connectivity index (χ1) is 11.0. The number of rotatable bonds is 6. The second kappa shape index (κ2) is 7.58. The van der Waals surface area contributed by atoms with Gasteiger partial charge in [0.1, 0.15) is 5.75 Å². The van der Waals surface area contributed by atoms with Gasteiger partial charge in [-0.3, -0.25) is 9.59 Å². The lowest BCUT2D eigenvalue weighted by molar-refractivity contribution is -0.123. The third-order valence-electron chi connectivity index (χ3n) is 3.64. The molecule has 0 aliphatic heterocycles. The number of Topliss-reactive ketones (excluding diaryl/α,β-unsaturated/α-hetero) is 1. The van der Waals surface area contributed by atoms with Crippen LogP contribution in [0, 0.1) is 6.92 Å². The van der Waals surface area contributed by atoms with Crippen LogP contribution in [0.25, 0.3) is 0 Å². The van der Waals surface area contributed by atoms with Crippen molar-refractivity contribution in [2.24, 2.45) is 0 Å². The first-order valence-corrected chi connectivity index (χ1v) is 7.56. The first-order valence-electron chi connectivity index (χ1n) is 7.56. The average molecular weight is 311 g/mol. The Bertz CT molecular complexity index is 709. The number of amides is 1. The number of nitrogens with one attached hydrogen (secondary N) is 1. The second-order valence-electron chi connectivity index (χ2n) is 5.52. The van der Waals surface area contributed by atoms with Crippen LogP contribution in [0.3, 0.4) is 0 Å². The third kappa shape index (κ3) is 4.68. The number of carbonyl (C=O) groups excluding carboxylic acids is 2. The van der Waals surface area contributed by atoms with Crippen molar-refractivity contribution in [2.75, 3.05) is 6.61 Å². The van der Waals surface area contributed by atoms with Crippen LogP contribution in [0.5, 0.6) is 5.75 Å². The van der Waals surface area contributed by atoms with Crippen LogP contribution in [-0.2, 0) is 4.79 Å². The van der Waals surface area contributed by atoms with E-state index in [9.17, 15) is 9.59 Å². The number of hydrogen-bond donors (Lipinski definition) is 1. The summed E-state index contributed by atoms with van der Waals surface area (Å²) in [5.74, 6) is 0.276. The van der Waals surface area contributed by atoms with E-state index in [1.807, 2.05) is 38.1 Å². The zero-order chi connectivity index (χ0) is 16.8. The Hall–Kier alpha value is -2.62. The smallest absolute Gasteiger partial charge is 0.258 e. The zero-order valence-electron chi connectivity index (χ0n) is 13.6. The minimum atomic E-state index is -0.200. The van der Waals surface area contributed by atoms with E-state index < -0.39 is 0 Å². The van der Waals surface area contributed by atoms with Crippen LogP contribution < -0.4 is 10.1 Å². The fourth-order valence-corrected chi connectivity index (χ4v) is 2.39.